The maximum Gasteiger partial charge on any atom is 0.322 e. The van der Waals surface area contributed by atoms with Crippen LogP contribution in [-0.4, -0.2) is 17.9 Å². The number of hydrogen-bond acceptors (Lipinski definition) is 2. The zero-order valence-electron chi connectivity index (χ0n) is 24.4. The van der Waals surface area contributed by atoms with Crippen LogP contribution < -0.4 is 21.5 Å². The molecule has 1 unspecified atom stereocenters. The Bertz CT molecular complexity index is 1760. The van der Waals surface area contributed by atoms with Gasteiger partial charge >= 0.3 is 6.03 Å². The maximum absolute atomic E-state index is 14.1. The van der Waals surface area contributed by atoms with Crippen LogP contribution in [0.25, 0.3) is 16.7 Å². The van der Waals surface area contributed by atoms with Gasteiger partial charge in [-0.25, -0.2) is 4.79 Å². The maximum atomic E-state index is 14.1. The Kier molecular flexibility index (Phi) is 8.41. The first-order valence-electron chi connectivity index (χ1n) is 14.9. The number of carbonyl (C=O) groups excluding carboxylic acids is 2. The molecule has 0 saturated carbocycles. The summed E-state index contributed by atoms with van der Waals surface area (Å²) in [6.07, 6.45) is 7.64. The molecule has 2 aliphatic carbocycles. The smallest absolute Gasteiger partial charge is 0.322 e. The Labute approximate surface area is 256 Å². The van der Waals surface area contributed by atoms with E-state index in [-0.39, 0.29) is 18.0 Å². The summed E-state index contributed by atoms with van der Waals surface area (Å²) in [4.78, 5) is 32.0. The fourth-order valence-electron chi connectivity index (χ4n) is 6.06. The van der Waals surface area contributed by atoms with Gasteiger partial charge in [-0.2, -0.15) is 4.99 Å². The number of benzene rings is 4. The summed E-state index contributed by atoms with van der Waals surface area (Å²) in [6.45, 7) is 0.302. The Morgan fingerprint density at radius 1 is 0.886 bits per heavy atom. The highest BCUT2D eigenvalue weighted by Crippen LogP contribution is 2.38. The monoisotopic (exact) mass is 583 g/mol. The zero-order chi connectivity index (χ0) is 30.5. The van der Waals surface area contributed by atoms with Crippen molar-refractivity contribution in [2.45, 2.75) is 44.7 Å². The van der Waals surface area contributed by atoms with E-state index in [1.165, 1.54) is 35.1 Å². The van der Waals surface area contributed by atoms with Gasteiger partial charge in [-0.3, -0.25) is 9.69 Å². The number of rotatable bonds is 6. The molecule has 0 fully saturated rings. The van der Waals surface area contributed by atoms with Crippen molar-refractivity contribution in [3.8, 4) is 11.1 Å². The Balaban J connectivity index is 1.29. The quantitative estimate of drug-likeness (QED) is 0.147. The van der Waals surface area contributed by atoms with Gasteiger partial charge in [-0.05, 0) is 95.3 Å². The van der Waals surface area contributed by atoms with Crippen molar-refractivity contribution >= 4 is 29.2 Å². The van der Waals surface area contributed by atoms with Gasteiger partial charge in [0.15, 0.2) is 0 Å². The van der Waals surface area contributed by atoms with Crippen molar-refractivity contribution in [2.75, 3.05) is 4.90 Å². The van der Waals surface area contributed by atoms with Gasteiger partial charge in [0.2, 0.25) is 0 Å². The lowest BCUT2D eigenvalue weighted by atomic mass is 9.82. The highest BCUT2D eigenvalue weighted by atomic mass is 16.2. The molecule has 2 aliphatic rings. The molecule has 8 heteroatoms. The van der Waals surface area contributed by atoms with Gasteiger partial charge in [0, 0.05) is 16.4 Å². The Morgan fingerprint density at radius 2 is 1.61 bits per heavy atom. The van der Waals surface area contributed by atoms with Gasteiger partial charge in [-0.1, -0.05) is 78.9 Å². The van der Waals surface area contributed by atoms with E-state index in [0.717, 1.165) is 35.2 Å². The molecule has 0 saturated heterocycles. The van der Waals surface area contributed by atoms with Crippen LogP contribution in [0.4, 0.5) is 10.5 Å². The van der Waals surface area contributed by atoms with Crippen molar-refractivity contribution in [1.29, 1.82) is 0 Å². The van der Waals surface area contributed by atoms with Crippen LogP contribution in [0.1, 0.15) is 64.3 Å². The average Bonchev–Trinajstić information content (AvgIpc) is 3.08. The summed E-state index contributed by atoms with van der Waals surface area (Å²) in [5.41, 5.74) is 19.8. The summed E-state index contributed by atoms with van der Waals surface area (Å²) in [6, 6.07) is 31.4. The van der Waals surface area contributed by atoms with E-state index in [1.807, 2.05) is 42.5 Å². The number of fused-ring (bicyclic) bond motifs is 3. The molecule has 0 heterocycles. The summed E-state index contributed by atoms with van der Waals surface area (Å²) < 4.78 is 0. The number of urea groups is 1. The summed E-state index contributed by atoms with van der Waals surface area (Å²) in [7, 11) is 0. The van der Waals surface area contributed by atoms with Gasteiger partial charge in [-0.15, -0.1) is 5.53 Å². The minimum absolute atomic E-state index is 0.181. The molecule has 3 amide bonds. The highest BCUT2D eigenvalue weighted by Gasteiger charge is 2.28. The van der Waals surface area contributed by atoms with Crippen LogP contribution >= 0.6 is 0 Å². The molecule has 44 heavy (non-hydrogen) atoms. The fraction of sp³-hybridized carbons (Fsp3) is 0.194. The third-order valence-electron chi connectivity index (χ3n) is 8.34. The molecular weight excluding hydrogens is 548 g/mol. The molecule has 5 N–H and O–H groups in total. The van der Waals surface area contributed by atoms with Crippen LogP contribution in [-0.2, 0) is 13.0 Å². The molecule has 0 spiro atoms. The molecule has 0 aromatic heterocycles. The predicted octanol–water partition coefficient (Wildman–Crippen LogP) is 5.99. The van der Waals surface area contributed by atoms with Gasteiger partial charge in [0.25, 0.3) is 11.9 Å². The van der Waals surface area contributed by atoms with E-state index in [9.17, 15) is 9.59 Å². The second-order valence-electron chi connectivity index (χ2n) is 11.2. The van der Waals surface area contributed by atoms with Crippen LogP contribution in [0.3, 0.4) is 0 Å². The van der Waals surface area contributed by atoms with Crippen LogP contribution in [0, 0.1) is 0 Å². The second kappa shape index (κ2) is 12.9. The van der Waals surface area contributed by atoms with E-state index in [0.29, 0.717) is 18.5 Å². The highest BCUT2D eigenvalue weighted by molar-refractivity contribution is 6.02. The number of allylic oxidation sites excluding steroid dienone is 2. The number of amides is 3. The summed E-state index contributed by atoms with van der Waals surface area (Å²) >= 11 is 0. The lowest BCUT2D eigenvalue weighted by Gasteiger charge is -2.31. The Morgan fingerprint density at radius 3 is 2.34 bits per heavy atom. The normalized spacial score (nSPS) is 15.8. The van der Waals surface area contributed by atoms with E-state index >= 15 is 0 Å². The van der Waals surface area contributed by atoms with Crippen molar-refractivity contribution in [1.82, 2.24) is 5.32 Å². The third-order valence-corrected chi connectivity index (χ3v) is 8.34. The van der Waals surface area contributed by atoms with Crippen LogP contribution in [0.5, 0.6) is 0 Å². The predicted molar refractivity (Wildman–Crippen MR) is 173 cm³/mol. The average molecular weight is 584 g/mol. The number of nitrogens with one attached hydrogen (secondary N) is 1. The van der Waals surface area contributed by atoms with Gasteiger partial charge in [0.05, 0.1) is 12.6 Å². The fourth-order valence-corrected chi connectivity index (χ4v) is 6.06. The first-order valence-corrected chi connectivity index (χ1v) is 14.9. The summed E-state index contributed by atoms with van der Waals surface area (Å²) in [5, 5.41) is 6.56. The number of nitrogens with zero attached hydrogens (tertiary/aromatic N) is 3. The van der Waals surface area contributed by atoms with E-state index in [2.05, 4.69) is 64.0 Å². The van der Waals surface area contributed by atoms with E-state index in [1.54, 1.807) is 17.0 Å². The SMILES string of the molecule is NC(N=[NH2+])=NC(=O)c1ccc(CN(C(=O)NC2Cc3ccccc3-c3ccccc32)c2ccc(C3=CCCCC3)cc2)cc1. The first-order chi connectivity index (χ1) is 21.5. The van der Waals surface area contributed by atoms with Crippen molar-refractivity contribution in [3.63, 3.8) is 0 Å². The van der Waals surface area contributed by atoms with Gasteiger partial charge in [0.1, 0.15) is 0 Å². The number of carbonyl (C=O) groups is 2. The molecule has 8 nitrogen and oxygen atoms in total. The van der Waals surface area contributed by atoms with Crippen LogP contribution in [0.15, 0.2) is 113 Å². The van der Waals surface area contributed by atoms with Crippen LogP contribution in [0.2, 0.25) is 0 Å². The van der Waals surface area contributed by atoms with Crippen molar-refractivity contribution in [2.24, 2.45) is 15.8 Å². The molecule has 0 bridgehead atoms. The van der Waals surface area contributed by atoms with Gasteiger partial charge < -0.3 is 11.1 Å². The minimum Gasteiger partial charge on any atom is -0.363 e. The second-order valence-corrected chi connectivity index (χ2v) is 11.2. The molecule has 0 aliphatic heterocycles. The number of guanidine groups is 1. The van der Waals surface area contributed by atoms with E-state index < -0.39 is 5.91 Å². The number of aliphatic imine (C=N–C) groups is 1. The Hall–Kier alpha value is -5.37. The zero-order valence-corrected chi connectivity index (χ0v) is 24.4. The summed E-state index contributed by atoms with van der Waals surface area (Å²) in [5.74, 6) is -0.831. The third kappa shape index (κ3) is 6.20. The lowest BCUT2D eigenvalue weighted by molar-refractivity contribution is -0.207. The molecule has 220 valence electrons. The topological polar surface area (TPSA) is 126 Å². The van der Waals surface area contributed by atoms with E-state index in [4.69, 9.17) is 11.3 Å². The van der Waals surface area contributed by atoms with Crippen molar-refractivity contribution < 1.29 is 15.1 Å². The lowest BCUT2D eigenvalue weighted by Crippen LogP contribution is -2.42. The number of nitrogens with two attached hydrogens (primary N) is 2. The molecule has 1 atom stereocenters. The minimum atomic E-state index is -0.540. The number of hydrogen-bond donors (Lipinski definition) is 3. The molecule has 6 rings (SSSR count). The number of anilines is 1. The largest absolute Gasteiger partial charge is 0.363 e. The van der Waals surface area contributed by atoms with Crippen molar-refractivity contribution in [3.05, 3.63) is 131 Å². The standard InChI is InChI=1S/C36H34N6O2/c37-35(41-38)40-34(43)27-16-14-24(15-17-27)23-42(29-20-18-26(19-21-29)25-8-2-1-3-9-25)36(44)39-33-22-28-10-4-5-11-30(28)31-12-6-7-13-32(31)33/h4-8,10-21,33,38H,1-3,9,22-23H2,(H,39,44)(H2,37,40,43)/p+1. The molecule has 4 aromatic carbocycles. The molecule has 0 radical (unpaired) electrons. The first kappa shape index (κ1) is 28.7. The molecule has 4 aromatic rings. The molecular formula is C36H35N6O2+.